The van der Waals surface area contributed by atoms with Gasteiger partial charge < -0.3 is 9.30 Å². The van der Waals surface area contributed by atoms with E-state index in [1.807, 2.05) is 30.3 Å². The van der Waals surface area contributed by atoms with Crippen molar-refractivity contribution in [3.8, 4) is 0 Å². The van der Waals surface area contributed by atoms with Gasteiger partial charge in [-0.25, -0.2) is 4.98 Å². The van der Waals surface area contributed by atoms with Gasteiger partial charge in [0.15, 0.2) is 0 Å². The fourth-order valence-electron chi connectivity index (χ4n) is 3.30. The van der Waals surface area contributed by atoms with Crippen LogP contribution >= 0.6 is 0 Å². The van der Waals surface area contributed by atoms with Crippen LogP contribution in [0.25, 0.3) is 0 Å². The smallest absolute Gasteiger partial charge is 0.122 e. The number of likely N-dealkylation sites (tertiary alicyclic amines) is 1. The Kier molecular flexibility index (Phi) is 4.59. The van der Waals surface area contributed by atoms with Crippen molar-refractivity contribution in [3.63, 3.8) is 0 Å². The number of hydrogen-bond acceptors (Lipinski definition) is 4. The summed E-state index contributed by atoms with van der Waals surface area (Å²) in [5.41, 5.74) is 1.27. The third kappa shape index (κ3) is 3.23. The molecule has 22 heavy (non-hydrogen) atoms. The van der Waals surface area contributed by atoms with E-state index in [2.05, 4.69) is 39.7 Å². The first-order valence-electron chi connectivity index (χ1n) is 7.96. The highest BCUT2D eigenvalue weighted by molar-refractivity contribution is 5.09. The summed E-state index contributed by atoms with van der Waals surface area (Å²) in [6, 6.07) is 0.390. The van der Waals surface area contributed by atoms with Crippen molar-refractivity contribution in [2.24, 2.45) is 14.1 Å². The topological polar surface area (TPSA) is 48.1 Å². The summed E-state index contributed by atoms with van der Waals surface area (Å²) >= 11 is 0. The molecule has 0 aromatic carbocycles. The molecule has 0 spiro atoms. The van der Waals surface area contributed by atoms with E-state index in [0.29, 0.717) is 12.1 Å². The van der Waals surface area contributed by atoms with Crippen molar-refractivity contribution >= 4 is 0 Å². The summed E-state index contributed by atoms with van der Waals surface area (Å²) in [6.07, 6.45) is 10.3. The molecule has 0 radical (unpaired) electrons. The van der Waals surface area contributed by atoms with Gasteiger partial charge in [0.1, 0.15) is 5.82 Å². The molecule has 2 aromatic heterocycles. The highest BCUT2D eigenvalue weighted by Crippen LogP contribution is 2.25. The minimum absolute atomic E-state index is 0.297. The van der Waals surface area contributed by atoms with Crippen LogP contribution in [0.3, 0.4) is 0 Å². The lowest BCUT2D eigenvalue weighted by molar-refractivity contribution is 0.0325. The molecular formula is C16H25N5O. The lowest BCUT2D eigenvalue weighted by Gasteiger charge is -2.27. The number of imidazole rings is 1. The predicted octanol–water partition coefficient (Wildman–Crippen LogP) is 1.38. The van der Waals surface area contributed by atoms with E-state index in [1.54, 1.807) is 0 Å². The molecule has 1 aliphatic heterocycles. The standard InChI is InChI=1S/C16H25N5O/c1-4-22-15-5-7-21(12-16-17-6-8-19(16)2)14(15)9-13-10-18-20(3)11-13/h6,8,10-11,14-15H,4-5,7,9,12H2,1-3H3/t14-,15-/m1/s1. The molecule has 3 heterocycles. The second-order valence-electron chi connectivity index (χ2n) is 6.00. The van der Waals surface area contributed by atoms with E-state index >= 15 is 0 Å². The highest BCUT2D eigenvalue weighted by Gasteiger charge is 2.35. The molecule has 0 unspecified atom stereocenters. The molecule has 0 saturated carbocycles. The Balaban J connectivity index is 1.74. The molecule has 0 amide bonds. The zero-order valence-corrected chi connectivity index (χ0v) is 13.6. The average molecular weight is 303 g/mol. The Hall–Kier alpha value is -1.66. The molecule has 6 nitrogen and oxygen atoms in total. The monoisotopic (exact) mass is 303 g/mol. The lowest BCUT2D eigenvalue weighted by Crippen LogP contribution is -2.38. The molecular weight excluding hydrogens is 278 g/mol. The molecule has 2 aromatic rings. The maximum Gasteiger partial charge on any atom is 0.122 e. The van der Waals surface area contributed by atoms with E-state index in [-0.39, 0.29) is 0 Å². The van der Waals surface area contributed by atoms with Crippen molar-refractivity contribution in [1.82, 2.24) is 24.2 Å². The van der Waals surface area contributed by atoms with Crippen LogP contribution in [0.15, 0.2) is 24.8 Å². The molecule has 0 bridgehead atoms. The number of hydrogen-bond donors (Lipinski definition) is 0. The van der Waals surface area contributed by atoms with Gasteiger partial charge in [-0.05, 0) is 25.3 Å². The molecule has 6 heteroatoms. The zero-order valence-electron chi connectivity index (χ0n) is 13.6. The largest absolute Gasteiger partial charge is 0.377 e. The first-order chi connectivity index (χ1) is 10.7. The summed E-state index contributed by atoms with van der Waals surface area (Å²) < 4.78 is 9.93. The summed E-state index contributed by atoms with van der Waals surface area (Å²) in [5, 5.41) is 4.29. The number of ether oxygens (including phenoxy) is 1. The SMILES string of the molecule is CCO[C@@H]1CCN(Cc2nccn2C)[C@@H]1Cc1cnn(C)c1. The molecule has 2 atom stereocenters. The molecule has 0 N–H and O–H groups in total. The predicted molar refractivity (Wildman–Crippen MR) is 84.3 cm³/mol. The fraction of sp³-hybridized carbons (Fsp3) is 0.625. The molecule has 120 valence electrons. The molecule has 1 aliphatic rings. The first-order valence-corrected chi connectivity index (χ1v) is 7.96. The summed E-state index contributed by atoms with van der Waals surface area (Å²) in [4.78, 5) is 6.96. The van der Waals surface area contributed by atoms with Gasteiger partial charge in [0, 0.05) is 51.9 Å². The van der Waals surface area contributed by atoms with Crippen molar-refractivity contribution in [1.29, 1.82) is 0 Å². The highest BCUT2D eigenvalue weighted by atomic mass is 16.5. The van der Waals surface area contributed by atoms with Gasteiger partial charge in [-0.3, -0.25) is 9.58 Å². The maximum atomic E-state index is 5.98. The van der Waals surface area contributed by atoms with E-state index in [1.165, 1.54) is 5.56 Å². The van der Waals surface area contributed by atoms with E-state index in [9.17, 15) is 0 Å². The molecule has 1 fully saturated rings. The van der Waals surface area contributed by atoms with Crippen LogP contribution < -0.4 is 0 Å². The maximum absolute atomic E-state index is 5.98. The van der Waals surface area contributed by atoms with E-state index in [4.69, 9.17) is 4.74 Å². The fourth-order valence-corrected chi connectivity index (χ4v) is 3.30. The Morgan fingerprint density at radius 1 is 1.36 bits per heavy atom. The molecule has 1 saturated heterocycles. The van der Waals surface area contributed by atoms with Gasteiger partial charge in [0.2, 0.25) is 0 Å². The zero-order chi connectivity index (χ0) is 15.5. The van der Waals surface area contributed by atoms with Crippen LogP contribution in [0, 0.1) is 0 Å². The van der Waals surface area contributed by atoms with Crippen LogP contribution in [0.5, 0.6) is 0 Å². The Labute approximate surface area is 131 Å². The van der Waals surface area contributed by atoms with Gasteiger partial charge in [-0.2, -0.15) is 5.10 Å². The summed E-state index contributed by atoms with van der Waals surface area (Å²) in [6.45, 7) is 4.77. The molecule has 0 aliphatic carbocycles. The van der Waals surface area contributed by atoms with Crippen LogP contribution in [0.1, 0.15) is 24.7 Å². The second kappa shape index (κ2) is 6.62. The summed E-state index contributed by atoms with van der Waals surface area (Å²) in [5.74, 6) is 1.10. The Bertz CT molecular complexity index is 605. The van der Waals surface area contributed by atoms with Gasteiger partial charge >= 0.3 is 0 Å². The average Bonchev–Trinajstić information content (AvgIpc) is 3.17. The number of aromatic nitrogens is 4. The van der Waals surface area contributed by atoms with Crippen LogP contribution in [0.2, 0.25) is 0 Å². The number of rotatable bonds is 6. The van der Waals surface area contributed by atoms with Gasteiger partial charge in [-0.15, -0.1) is 0 Å². The van der Waals surface area contributed by atoms with Gasteiger partial charge in [0.25, 0.3) is 0 Å². The summed E-state index contributed by atoms with van der Waals surface area (Å²) in [7, 11) is 4.01. The minimum atomic E-state index is 0.297. The minimum Gasteiger partial charge on any atom is -0.377 e. The quantitative estimate of drug-likeness (QED) is 0.809. The van der Waals surface area contributed by atoms with Crippen LogP contribution in [-0.4, -0.2) is 49.5 Å². The third-order valence-corrected chi connectivity index (χ3v) is 4.45. The van der Waals surface area contributed by atoms with Crippen LogP contribution in [0.4, 0.5) is 0 Å². The normalized spacial score (nSPS) is 22.5. The Morgan fingerprint density at radius 3 is 2.86 bits per heavy atom. The van der Waals surface area contributed by atoms with Crippen molar-refractivity contribution in [2.45, 2.75) is 38.5 Å². The van der Waals surface area contributed by atoms with Crippen molar-refractivity contribution in [3.05, 3.63) is 36.2 Å². The van der Waals surface area contributed by atoms with Crippen LogP contribution in [-0.2, 0) is 31.8 Å². The molecule has 3 rings (SSSR count). The second-order valence-corrected chi connectivity index (χ2v) is 6.00. The van der Waals surface area contributed by atoms with Gasteiger partial charge in [0.05, 0.1) is 18.8 Å². The first kappa shape index (κ1) is 15.2. The lowest BCUT2D eigenvalue weighted by atomic mass is 10.0. The van der Waals surface area contributed by atoms with Crippen molar-refractivity contribution in [2.75, 3.05) is 13.2 Å². The van der Waals surface area contributed by atoms with Gasteiger partial charge in [-0.1, -0.05) is 0 Å². The van der Waals surface area contributed by atoms with Crippen molar-refractivity contribution < 1.29 is 4.74 Å². The number of aryl methyl sites for hydroxylation is 2. The number of nitrogens with zero attached hydrogens (tertiary/aromatic N) is 5. The Morgan fingerprint density at radius 2 is 2.23 bits per heavy atom. The van der Waals surface area contributed by atoms with E-state index in [0.717, 1.165) is 38.4 Å². The van der Waals surface area contributed by atoms with E-state index < -0.39 is 0 Å². The third-order valence-electron chi connectivity index (χ3n) is 4.45.